The van der Waals surface area contributed by atoms with E-state index in [1.165, 1.54) is 19.1 Å². The summed E-state index contributed by atoms with van der Waals surface area (Å²) in [7, 11) is 0. The summed E-state index contributed by atoms with van der Waals surface area (Å²) in [6.07, 6.45) is -11.8. The number of nitrogens with zero attached hydrogens (tertiary/aromatic N) is 1. The predicted octanol–water partition coefficient (Wildman–Crippen LogP) is 2.70. The van der Waals surface area contributed by atoms with Crippen molar-refractivity contribution in [1.29, 1.82) is 0 Å². The molecule has 1 heterocycles. The van der Waals surface area contributed by atoms with Crippen molar-refractivity contribution in [2.24, 2.45) is 4.99 Å². The van der Waals surface area contributed by atoms with Gasteiger partial charge >= 0.3 is 18.3 Å². The van der Waals surface area contributed by atoms with Crippen molar-refractivity contribution >= 4 is 29.4 Å². The second-order valence-corrected chi connectivity index (χ2v) is 9.27. The summed E-state index contributed by atoms with van der Waals surface area (Å²) < 4.78 is 85.1. The summed E-state index contributed by atoms with van der Waals surface area (Å²) >= 11 is 0. The van der Waals surface area contributed by atoms with E-state index in [2.05, 4.69) is 26.3 Å². The van der Waals surface area contributed by atoms with Gasteiger partial charge in [-0.05, 0) is 42.8 Å². The van der Waals surface area contributed by atoms with E-state index in [9.17, 15) is 50.9 Å². The van der Waals surface area contributed by atoms with E-state index in [0.29, 0.717) is 12.1 Å². The average Bonchev–Trinajstić information content (AvgIpc) is 2.91. The summed E-state index contributed by atoms with van der Waals surface area (Å²) in [4.78, 5) is 41.5. The monoisotopic (exact) mass is 619 g/mol. The number of guanidine groups is 1. The summed E-state index contributed by atoms with van der Waals surface area (Å²) in [5, 5.41) is 29.5. The third-order valence-electron chi connectivity index (χ3n) is 5.84. The Balaban J connectivity index is 1.77. The topological polar surface area (TPSA) is 161 Å². The second-order valence-electron chi connectivity index (χ2n) is 9.27. The highest BCUT2D eigenvalue weighted by Gasteiger charge is 2.38. The van der Waals surface area contributed by atoms with E-state index in [-0.39, 0.29) is 48.7 Å². The lowest BCUT2D eigenvalue weighted by Gasteiger charge is -2.22. The van der Waals surface area contributed by atoms with Gasteiger partial charge in [-0.15, -0.1) is 0 Å². The van der Waals surface area contributed by atoms with E-state index in [4.69, 9.17) is 4.74 Å². The Labute approximate surface area is 240 Å². The Kier molecular flexibility index (Phi) is 10.4. The maximum absolute atomic E-state index is 13.4. The summed E-state index contributed by atoms with van der Waals surface area (Å²) in [5.74, 6) is -3.00. The molecule has 1 aliphatic rings. The number of alkyl halides is 6. The molecule has 0 aliphatic carbocycles. The zero-order valence-corrected chi connectivity index (χ0v) is 22.4. The smallest absolute Gasteiger partial charge is 0.416 e. The zero-order chi connectivity index (χ0) is 31.9. The van der Waals surface area contributed by atoms with Gasteiger partial charge in [0.1, 0.15) is 5.75 Å². The van der Waals surface area contributed by atoms with Crippen LogP contribution in [0, 0.1) is 0 Å². The standard InChI is InChI=1S/C26H27F6N5O6/c1-2-43-22(41)9-20(13-3-15(25(27,28)29)7-16(4-13)26(30,31)32)37-21(40)12-33-23(42)14-5-17(8-18(38)6-14)36-24-34-10-19(39)11-35-24/h3-8,19-20,38-39H,2,9-12H2,1H3,(H,33,42)(H,37,40)(H2,34,35,36). The highest BCUT2D eigenvalue weighted by atomic mass is 19.4. The van der Waals surface area contributed by atoms with Gasteiger partial charge in [-0.3, -0.25) is 19.4 Å². The maximum atomic E-state index is 13.4. The molecule has 0 radical (unpaired) electrons. The molecule has 43 heavy (non-hydrogen) atoms. The number of carbonyl (C=O) groups excluding carboxylic acids is 3. The lowest BCUT2D eigenvalue weighted by atomic mass is 9.97. The average molecular weight is 620 g/mol. The van der Waals surface area contributed by atoms with Crippen LogP contribution in [-0.4, -0.2) is 66.3 Å². The number of benzene rings is 2. The van der Waals surface area contributed by atoms with Crippen molar-refractivity contribution in [3.8, 4) is 5.75 Å². The molecule has 0 fully saturated rings. The minimum Gasteiger partial charge on any atom is -0.508 e. The molecule has 6 N–H and O–H groups in total. The number of aliphatic hydroxyl groups excluding tert-OH is 1. The molecule has 2 aromatic carbocycles. The maximum Gasteiger partial charge on any atom is 0.416 e. The van der Waals surface area contributed by atoms with Gasteiger partial charge in [0, 0.05) is 23.9 Å². The van der Waals surface area contributed by atoms with Crippen molar-refractivity contribution in [1.82, 2.24) is 16.0 Å². The number of nitrogens with one attached hydrogen (secondary N) is 4. The number of amides is 2. The number of aromatic hydroxyl groups is 1. The summed E-state index contributed by atoms with van der Waals surface area (Å²) in [5.41, 5.74) is -3.86. The molecule has 1 aliphatic heterocycles. The van der Waals surface area contributed by atoms with Crippen molar-refractivity contribution in [3.63, 3.8) is 0 Å². The molecular formula is C26H27F6N5O6. The van der Waals surface area contributed by atoms with Gasteiger partial charge < -0.3 is 36.2 Å². The molecule has 3 rings (SSSR count). The van der Waals surface area contributed by atoms with E-state index < -0.39 is 71.9 Å². The highest BCUT2D eigenvalue weighted by molar-refractivity contribution is 6.00. The third kappa shape index (κ3) is 9.76. The number of ether oxygens (including phenoxy) is 1. The molecule has 234 valence electrons. The highest BCUT2D eigenvalue weighted by Crippen LogP contribution is 2.38. The molecule has 0 bridgehead atoms. The van der Waals surface area contributed by atoms with Crippen LogP contribution in [0.1, 0.15) is 46.4 Å². The number of β-amino-alcohol motifs (C(OH)–C–C–N with tert-alkyl or cyclic N) is 1. The molecule has 2 atom stereocenters. The van der Waals surface area contributed by atoms with Crippen LogP contribution in [-0.2, 0) is 26.7 Å². The first-order valence-corrected chi connectivity index (χ1v) is 12.6. The lowest BCUT2D eigenvalue weighted by molar-refractivity contribution is -0.144. The number of aliphatic imine (C=N–C) groups is 1. The van der Waals surface area contributed by atoms with Gasteiger partial charge in [0.05, 0.1) is 49.4 Å². The van der Waals surface area contributed by atoms with Crippen molar-refractivity contribution in [2.75, 3.05) is 31.6 Å². The number of phenolic OH excluding ortho intramolecular Hbond substituents is 1. The fourth-order valence-corrected chi connectivity index (χ4v) is 3.89. The number of hydrogen-bond acceptors (Lipinski definition) is 9. The number of esters is 1. The molecule has 0 saturated heterocycles. The number of anilines is 1. The molecule has 2 aromatic rings. The molecule has 0 saturated carbocycles. The molecule has 17 heteroatoms. The predicted molar refractivity (Wildman–Crippen MR) is 139 cm³/mol. The van der Waals surface area contributed by atoms with Crippen LogP contribution >= 0.6 is 0 Å². The van der Waals surface area contributed by atoms with Gasteiger partial charge in [0.2, 0.25) is 5.91 Å². The Bertz CT molecular complexity index is 1350. The van der Waals surface area contributed by atoms with Gasteiger partial charge in [-0.1, -0.05) is 0 Å². The van der Waals surface area contributed by atoms with E-state index in [1.54, 1.807) is 0 Å². The van der Waals surface area contributed by atoms with Crippen LogP contribution in [0.4, 0.5) is 32.0 Å². The fourth-order valence-electron chi connectivity index (χ4n) is 3.89. The Hall–Kier alpha value is -4.54. The molecule has 2 amide bonds. The minimum absolute atomic E-state index is 0.0916. The SMILES string of the molecule is CCOC(=O)CC(NC(=O)CNC(=O)c1cc(O)cc(NC2=NCC(O)CN2)c1)c1cc(C(F)(F)F)cc(C(F)(F)F)c1. The van der Waals surface area contributed by atoms with Crippen LogP contribution in [0.3, 0.4) is 0 Å². The zero-order valence-electron chi connectivity index (χ0n) is 22.4. The number of rotatable bonds is 9. The first-order valence-electron chi connectivity index (χ1n) is 12.6. The van der Waals surface area contributed by atoms with Gasteiger partial charge in [-0.25, -0.2) is 0 Å². The van der Waals surface area contributed by atoms with Crippen molar-refractivity contribution < 1.29 is 55.7 Å². The lowest BCUT2D eigenvalue weighted by Crippen LogP contribution is -2.42. The van der Waals surface area contributed by atoms with Crippen molar-refractivity contribution in [2.45, 2.75) is 37.8 Å². The molecule has 0 spiro atoms. The Morgan fingerprint density at radius 1 is 1.05 bits per heavy atom. The normalized spacial score (nSPS) is 15.9. The fraction of sp³-hybridized carbons (Fsp3) is 0.385. The van der Waals surface area contributed by atoms with Crippen LogP contribution in [0.5, 0.6) is 5.75 Å². The van der Waals surface area contributed by atoms with E-state index >= 15 is 0 Å². The van der Waals surface area contributed by atoms with Gasteiger partial charge in [0.15, 0.2) is 5.96 Å². The first kappa shape index (κ1) is 33.0. The number of halogens is 6. The van der Waals surface area contributed by atoms with Gasteiger partial charge in [-0.2, -0.15) is 26.3 Å². The quantitative estimate of drug-likeness (QED) is 0.185. The number of phenols is 1. The number of aliphatic hydroxyl groups is 1. The molecule has 11 nitrogen and oxygen atoms in total. The first-order chi connectivity index (χ1) is 20.0. The van der Waals surface area contributed by atoms with E-state index in [1.807, 2.05) is 0 Å². The molecule has 0 aromatic heterocycles. The largest absolute Gasteiger partial charge is 0.508 e. The molecule has 2 unspecified atom stereocenters. The Morgan fingerprint density at radius 2 is 1.70 bits per heavy atom. The summed E-state index contributed by atoms with van der Waals surface area (Å²) in [6.45, 7) is 0.818. The minimum atomic E-state index is -5.17. The Morgan fingerprint density at radius 3 is 2.26 bits per heavy atom. The summed E-state index contributed by atoms with van der Waals surface area (Å²) in [6, 6.07) is 2.63. The number of carbonyl (C=O) groups is 3. The molecular weight excluding hydrogens is 592 g/mol. The van der Waals surface area contributed by atoms with Crippen LogP contribution in [0.15, 0.2) is 41.4 Å². The van der Waals surface area contributed by atoms with Crippen LogP contribution in [0.25, 0.3) is 0 Å². The second kappa shape index (κ2) is 13.6. The number of hydrogen-bond donors (Lipinski definition) is 6. The van der Waals surface area contributed by atoms with Crippen LogP contribution < -0.4 is 21.3 Å². The van der Waals surface area contributed by atoms with E-state index in [0.717, 1.165) is 6.07 Å². The van der Waals surface area contributed by atoms with Gasteiger partial charge in [0.25, 0.3) is 5.91 Å². The third-order valence-corrected chi connectivity index (χ3v) is 5.84. The van der Waals surface area contributed by atoms with Crippen molar-refractivity contribution in [3.05, 3.63) is 58.7 Å². The van der Waals surface area contributed by atoms with Crippen LogP contribution in [0.2, 0.25) is 0 Å².